The van der Waals surface area contributed by atoms with Gasteiger partial charge in [-0.05, 0) is 35.9 Å². The Labute approximate surface area is 173 Å². The number of rotatable bonds is 4. The van der Waals surface area contributed by atoms with Crippen molar-refractivity contribution in [1.29, 1.82) is 0 Å². The zero-order chi connectivity index (χ0) is 20.5. The molecule has 3 aromatic carbocycles. The Morgan fingerprint density at radius 2 is 1.59 bits per heavy atom. The fourth-order valence-corrected chi connectivity index (χ4v) is 3.51. The summed E-state index contributed by atoms with van der Waals surface area (Å²) in [6, 6.07) is 18.4. The lowest BCUT2D eigenvalue weighted by atomic mass is 10.0. The van der Waals surface area contributed by atoms with Gasteiger partial charge in [-0.1, -0.05) is 52.3 Å². The summed E-state index contributed by atoms with van der Waals surface area (Å²) >= 11 is 3.36. The standard InChI is InChI=1S/C22H13BrF2N2O2/c23-14-7-4-8-16(11-14)26-20-19(13-5-2-1-3-6-13)21(28)27(22(20)29)18-10-9-15(24)12-17(18)25/h1-12,26H. The second kappa shape index (κ2) is 7.60. The average Bonchev–Trinajstić information content (AvgIpc) is 2.93. The SMILES string of the molecule is O=C1C(Nc2cccc(Br)c2)=C(c2ccccc2)C(=O)N1c1ccc(F)cc1F. The fourth-order valence-electron chi connectivity index (χ4n) is 3.11. The summed E-state index contributed by atoms with van der Waals surface area (Å²) in [5, 5.41) is 2.98. The van der Waals surface area contributed by atoms with Gasteiger partial charge in [0, 0.05) is 16.2 Å². The monoisotopic (exact) mass is 454 g/mol. The van der Waals surface area contributed by atoms with E-state index in [1.54, 1.807) is 48.5 Å². The van der Waals surface area contributed by atoms with Gasteiger partial charge in [0.2, 0.25) is 0 Å². The largest absolute Gasteiger partial charge is 0.350 e. The van der Waals surface area contributed by atoms with Crippen LogP contribution in [0.4, 0.5) is 20.2 Å². The highest BCUT2D eigenvalue weighted by Crippen LogP contribution is 2.35. The van der Waals surface area contributed by atoms with Crippen LogP contribution < -0.4 is 10.2 Å². The summed E-state index contributed by atoms with van der Waals surface area (Å²) in [5.41, 5.74) is 0.905. The van der Waals surface area contributed by atoms with Crippen LogP contribution in [0, 0.1) is 11.6 Å². The number of nitrogens with zero attached hydrogens (tertiary/aromatic N) is 1. The molecule has 1 heterocycles. The highest BCUT2D eigenvalue weighted by Gasteiger charge is 2.41. The Bertz CT molecular complexity index is 1160. The quantitative estimate of drug-likeness (QED) is 0.556. The summed E-state index contributed by atoms with van der Waals surface area (Å²) in [6.07, 6.45) is 0. The molecule has 4 rings (SSSR count). The second-order valence-electron chi connectivity index (χ2n) is 6.29. The predicted octanol–water partition coefficient (Wildman–Crippen LogP) is 5.12. The molecule has 0 aliphatic carbocycles. The smallest absolute Gasteiger partial charge is 0.282 e. The number of benzene rings is 3. The number of imide groups is 1. The van der Waals surface area contributed by atoms with Gasteiger partial charge in [-0.25, -0.2) is 13.7 Å². The molecule has 0 unspecified atom stereocenters. The minimum absolute atomic E-state index is 0.0167. The maximum Gasteiger partial charge on any atom is 0.282 e. The van der Waals surface area contributed by atoms with E-state index in [-0.39, 0.29) is 17.0 Å². The molecule has 1 N–H and O–H groups in total. The Kier molecular flexibility index (Phi) is 4.98. The molecule has 7 heteroatoms. The Hall–Kier alpha value is -3.32. The highest BCUT2D eigenvalue weighted by molar-refractivity contribution is 9.10. The number of hydrogen-bond acceptors (Lipinski definition) is 3. The summed E-state index contributed by atoms with van der Waals surface area (Å²) in [6.45, 7) is 0. The van der Waals surface area contributed by atoms with Crippen molar-refractivity contribution in [3.8, 4) is 0 Å². The van der Waals surface area contributed by atoms with E-state index in [1.165, 1.54) is 0 Å². The van der Waals surface area contributed by atoms with E-state index in [0.29, 0.717) is 17.3 Å². The summed E-state index contributed by atoms with van der Waals surface area (Å²) in [4.78, 5) is 27.0. The van der Waals surface area contributed by atoms with Gasteiger partial charge in [-0.2, -0.15) is 0 Å². The zero-order valence-corrected chi connectivity index (χ0v) is 16.4. The van der Waals surface area contributed by atoms with Crippen LogP contribution in [0.2, 0.25) is 0 Å². The van der Waals surface area contributed by atoms with E-state index in [1.807, 2.05) is 6.07 Å². The molecule has 1 aliphatic rings. The minimum atomic E-state index is -0.997. The third-order valence-corrected chi connectivity index (χ3v) is 4.88. The molecule has 4 nitrogen and oxygen atoms in total. The third-order valence-electron chi connectivity index (χ3n) is 4.39. The van der Waals surface area contributed by atoms with Gasteiger partial charge in [-0.3, -0.25) is 9.59 Å². The Morgan fingerprint density at radius 1 is 0.828 bits per heavy atom. The first-order valence-corrected chi connectivity index (χ1v) is 9.41. The summed E-state index contributed by atoms with van der Waals surface area (Å²) < 4.78 is 28.5. The molecule has 0 saturated carbocycles. The number of nitrogens with one attached hydrogen (secondary N) is 1. The van der Waals surface area contributed by atoms with Crippen LogP contribution >= 0.6 is 15.9 Å². The van der Waals surface area contributed by atoms with Gasteiger partial charge in [0.25, 0.3) is 11.8 Å². The Morgan fingerprint density at radius 3 is 2.28 bits per heavy atom. The van der Waals surface area contributed by atoms with Crippen LogP contribution in [0.15, 0.2) is 83.0 Å². The zero-order valence-electron chi connectivity index (χ0n) is 14.8. The van der Waals surface area contributed by atoms with Crippen LogP contribution in [0.25, 0.3) is 5.57 Å². The lowest BCUT2D eigenvalue weighted by Crippen LogP contribution is -2.33. The number of hydrogen-bond donors (Lipinski definition) is 1. The molecule has 0 bridgehead atoms. The summed E-state index contributed by atoms with van der Waals surface area (Å²) in [7, 11) is 0. The van der Waals surface area contributed by atoms with E-state index >= 15 is 0 Å². The van der Waals surface area contributed by atoms with E-state index < -0.39 is 23.4 Å². The van der Waals surface area contributed by atoms with E-state index in [2.05, 4.69) is 21.2 Å². The van der Waals surface area contributed by atoms with E-state index in [0.717, 1.165) is 21.5 Å². The maximum absolute atomic E-state index is 14.4. The molecule has 0 radical (unpaired) electrons. The maximum atomic E-state index is 14.4. The predicted molar refractivity (Wildman–Crippen MR) is 110 cm³/mol. The van der Waals surface area contributed by atoms with Gasteiger partial charge < -0.3 is 5.32 Å². The number of anilines is 2. The molecule has 0 atom stereocenters. The minimum Gasteiger partial charge on any atom is -0.350 e. The number of carbonyl (C=O) groups excluding carboxylic acids is 2. The van der Waals surface area contributed by atoms with Crippen LogP contribution in [0.1, 0.15) is 5.56 Å². The van der Waals surface area contributed by atoms with Crippen LogP contribution in [0.3, 0.4) is 0 Å². The van der Waals surface area contributed by atoms with Gasteiger partial charge in [0.1, 0.15) is 17.3 Å². The molecule has 2 amide bonds. The van der Waals surface area contributed by atoms with Crippen LogP contribution in [0.5, 0.6) is 0 Å². The van der Waals surface area contributed by atoms with Gasteiger partial charge in [0.15, 0.2) is 0 Å². The number of carbonyl (C=O) groups is 2. The molecule has 0 fully saturated rings. The molecule has 3 aromatic rings. The van der Waals surface area contributed by atoms with Crippen molar-refractivity contribution in [1.82, 2.24) is 0 Å². The normalized spacial score (nSPS) is 14.0. The van der Waals surface area contributed by atoms with E-state index in [4.69, 9.17) is 0 Å². The van der Waals surface area contributed by atoms with Crippen molar-refractivity contribution < 1.29 is 18.4 Å². The second-order valence-corrected chi connectivity index (χ2v) is 7.21. The molecular formula is C22H13BrF2N2O2. The first-order valence-electron chi connectivity index (χ1n) is 8.62. The molecule has 0 saturated heterocycles. The van der Waals surface area contributed by atoms with Crippen molar-refractivity contribution in [3.05, 3.63) is 100 Å². The van der Waals surface area contributed by atoms with E-state index in [9.17, 15) is 18.4 Å². The first-order chi connectivity index (χ1) is 14.0. The lowest BCUT2D eigenvalue weighted by molar-refractivity contribution is -0.120. The van der Waals surface area contributed by atoms with Crippen molar-refractivity contribution in [2.75, 3.05) is 10.2 Å². The topological polar surface area (TPSA) is 49.4 Å². The van der Waals surface area contributed by atoms with Crippen molar-refractivity contribution in [2.24, 2.45) is 0 Å². The van der Waals surface area contributed by atoms with Crippen LogP contribution in [-0.4, -0.2) is 11.8 Å². The number of halogens is 3. The molecule has 0 spiro atoms. The van der Waals surface area contributed by atoms with Gasteiger partial charge in [-0.15, -0.1) is 0 Å². The van der Waals surface area contributed by atoms with Gasteiger partial charge >= 0.3 is 0 Å². The van der Waals surface area contributed by atoms with Crippen molar-refractivity contribution in [2.45, 2.75) is 0 Å². The fraction of sp³-hybridized carbons (Fsp3) is 0. The molecule has 0 aromatic heterocycles. The Balaban J connectivity index is 1.84. The molecular weight excluding hydrogens is 442 g/mol. The third kappa shape index (κ3) is 3.56. The molecule has 144 valence electrons. The van der Waals surface area contributed by atoms with Crippen LogP contribution in [-0.2, 0) is 9.59 Å². The van der Waals surface area contributed by atoms with Gasteiger partial charge in [0.05, 0.1) is 11.3 Å². The first kappa shape index (κ1) is 19.0. The molecule has 29 heavy (non-hydrogen) atoms. The van der Waals surface area contributed by atoms with Crippen molar-refractivity contribution >= 4 is 44.7 Å². The lowest BCUT2D eigenvalue weighted by Gasteiger charge is -2.16. The summed E-state index contributed by atoms with van der Waals surface area (Å²) in [5.74, 6) is -3.21. The van der Waals surface area contributed by atoms with Crippen molar-refractivity contribution in [3.63, 3.8) is 0 Å². The average molecular weight is 455 g/mol. The number of amides is 2. The molecule has 1 aliphatic heterocycles. The highest BCUT2D eigenvalue weighted by atomic mass is 79.9.